The van der Waals surface area contributed by atoms with Gasteiger partial charge in [-0.1, -0.05) is 47.5 Å². The van der Waals surface area contributed by atoms with Gasteiger partial charge in [-0.25, -0.2) is 0 Å². The fraction of sp³-hybridized carbons (Fsp3) is 0.167. The van der Waals surface area contributed by atoms with Crippen LogP contribution >= 0.6 is 23.2 Å². The first kappa shape index (κ1) is 17.4. The zero-order chi connectivity index (χ0) is 16.8. The number of halogens is 2. The monoisotopic (exact) mass is 349 g/mol. The maximum absolute atomic E-state index is 12.2. The molecule has 23 heavy (non-hydrogen) atoms. The van der Waals surface area contributed by atoms with Gasteiger partial charge in [0.15, 0.2) is 0 Å². The van der Waals surface area contributed by atoms with Gasteiger partial charge in [0, 0.05) is 35.3 Å². The number of hydrogen-bond acceptors (Lipinski definition) is 2. The number of amides is 1. The molecule has 0 heterocycles. The summed E-state index contributed by atoms with van der Waals surface area (Å²) in [6.45, 7) is 0.460. The molecule has 0 unspecified atom stereocenters. The van der Waals surface area contributed by atoms with Crippen LogP contribution in [-0.2, 0) is 11.3 Å². The van der Waals surface area contributed by atoms with Gasteiger partial charge in [-0.15, -0.1) is 0 Å². The quantitative estimate of drug-likeness (QED) is 0.733. The molecule has 0 radical (unpaired) electrons. The van der Waals surface area contributed by atoms with Crippen molar-refractivity contribution < 1.29 is 9.53 Å². The molecule has 0 atom stereocenters. The van der Waals surface area contributed by atoms with Crippen LogP contribution in [0.15, 0.2) is 48.5 Å². The third-order valence-electron chi connectivity index (χ3n) is 3.34. The Morgan fingerprint density at radius 3 is 2.65 bits per heavy atom. The van der Waals surface area contributed by atoms with Crippen LogP contribution in [0.25, 0.3) is 6.08 Å². The Morgan fingerprint density at radius 1 is 1.22 bits per heavy atom. The fourth-order valence-electron chi connectivity index (χ4n) is 2.09. The van der Waals surface area contributed by atoms with Crippen molar-refractivity contribution >= 4 is 35.2 Å². The molecular formula is C18H17Cl2NO2. The van der Waals surface area contributed by atoms with Crippen molar-refractivity contribution in [1.29, 1.82) is 0 Å². The Morgan fingerprint density at radius 2 is 1.96 bits per heavy atom. The van der Waals surface area contributed by atoms with Gasteiger partial charge in [0.2, 0.25) is 5.91 Å². The number of rotatable bonds is 5. The lowest BCUT2D eigenvalue weighted by Gasteiger charge is -2.17. The van der Waals surface area contributed by atoms with E-state index in [1.54, 1.807) is 43.3 Å². The molecule has 5 heteroatoms. The van der Waals surface area contributed by atoms with Crippen molar-refractivity contribution in [3.05, 3.63) is 69.7 Å². The molecule has 0 aromatic heterocycles. The Kier molecular flexibility index (Phi) is 6.08. The average molecular weight is 350 g/mol. The lowest BCUT2D eigenvalue weighted by molar-refractivity contribution is -0.125. The number of carbonyl (C=O) groups excluding carboxylic acids is 1. The van der Waals surface area contributed by atoms with E-state index in [-0.39, 0.29) is 5.91 Å². The number of likely N-dealkylation sites (N-methyl/N-ethyl adjacent to an activating group) is 1. The maximum atomic E-state index is 12.2. The Bertz CT molecular complexity index is 729. The third-order valence-corrected chi connectivity index (χ3v) is 3.91. The van der Waals surface area contributed by atoms with Crippen molar-refractivity contribution in [2.24, 2.45) is 0 Å². The second kappa shape index (κ2) is 8.04. The topological polar surface area (TPSA) is 29.5 Å². The molecule has 1 amide bonds. The van der Waals surface area contributed by atoms with Crippen LogP contribution in [0.3, 0.4) is 0 Å². The van der Waals surface area contributed by atoms with E-state index in [0.717, 1.165) is 16.9 Å². The van der Waals surface area contributed by atoms with E-state index in [0.29, 0.717) is 16.6 Å². The lowest BCUT2D eigenvalue weighted by atomic mass is 10.2. The normalized spacial score (nSPS) is 10.8. The predicted octanol–water partition coefficient (Wildman–Crippen LogP) is 4.67. The van der Waals surface area contributed by atoms with Gasteiger partial charge in [-0.3, -0.25) is 4.79 Å². The summed E-state index contributed by atoms with van der Waals surface area (Å²) in [5, 5.41) is 1.07. The van der Waals surface area contributed by atoms with Crippen LogP contribution in [0, 0.1) is 0 Å². The molecule has 0 bridgehead atoms. The van der Waals surface area contributed by atoms with E-state index in [1.807, 2.05) is 24.3 Å². The number of hydrogen-bond donors (Lipinski definition) is 0. The highest BCUT2D eigenvalue weighted by Gasteiger charge is 2.09. The van der Waals surface area contributed by atoms with E-state index in [9.17, 15) is 4.79 Å². The molecule has 0 aliphatic heterocycles. The van der Waals surface area contributed by atoms with Gasteiger partial charge in [0.25, 0.3) is 0 Å². The fourth-order valence-corrected chi connectivity index (χ4v) is 2.56. The van der Waals surface area contributed by atoms with E-state index >= 15 is 0 Å². The maximum Gasteiger partial charge on any atom is 0.246 e. The molecule has 0 fully saturated rings. The first-order chi connectivity index (χ1) is 11.0. The number of carbonyl (C=O) groups is 1. The average Bonchev–Trinajstić information content (AvgIpc) is 2.54. The first-order valence-electron chi connectivity index (χ1n) is 7.01. The molecule has 0 saturated heterocycles. The molecule has 0 aliphatic rings. The largest absolute Gasteiger partial charge is 0.496 e. The summed E-state index contributed by atoms with van der Waals surface area (Å²) >= 11 is 11.9. The van der Waals surface area contributed by atoms with Crippen LogP contribution in [0.1, 0.15) is 11.1 Å². The Labute approximate surface area is 146 Å². The number of para-hydroxylation sites is 1. The van der Waals surface area contributed by atoms with Crippen molar-refractivity contribution in [1.82, 2.24) is 4.90 Å². The molecule has 2 rings (SSSR count). The predicted molar refractivity (Wildman–Crippen MR) is 95.0 cm³/mol. The minimum atomic E-state index is -0.123. The smallest absolute Gasteiger partial charge is 0.246 e. The molecule has 0 saturated carbocycles. The Hall–Kier alpha value is -1.97. The lowest BCUT2D eigenvalue weighted by Crippen LogP contribution is -2.24. The van der Waals surface area contributed by atoms with Crippen molar-refractivity contribution in [3.63, 3.8) is 0 Å². The van der Waals surface area contributed by atoms with Gasteiger partial charge in [0.1, 0.15) is 5.75 Å². The van der Waals surface area contributed by atoms with Crippen LogP contribution in [-0.4, -0.2) is 25.0 Å². The van der Waals surface area contributed by atoms with Crippen molar-refractivity contribution in [2.45, 2.75) is 6.54 Å². The zero-order valence-corrected chi connectivity index (χ0v) is 14.4. The molecule has 0 N–H and O–H groups in total. The van der Waals surface area contributed by atoms with Crippen LogP contribution in [0.4, 0.5) is 0 Å². The first-order valence-corrected chi connectivity index (χ1v) is 7.77. The summed E-state index contributed by atoms with van der Waals surface area (Å²) in [5.74, 6) is 0.638. The second-order valence-electron chi connectivity index (χ2n) is 5.01. The van der Waals surface area contributed by atoms with Gasteiger partial charge in [-0.2, -0.15) is 0 Å². The summed E-state index contributed by atoms with van der Waals surface area (Å²) in [7, 11) is 3.35. The minimum Gasteiger partial charge on any atom is -0.496 e. The SMILES string of the molecule is COc1ccccc1CN(C)C(=O)/C=C/c1ccc(Cl)cc1Cl. The molecule has 0 aliphatic carbocycles. The molecular weight excluding hydrogens is 333 g/mol. The highest BCUT2D eigenvalue weighted by Crippen LogP contribution is 2.22. The van der Waals surface area contributed by atoms with Crippen LogP contribution in [0.2, 0.25) is 10.0 Å². The standard InChI is InChI=1S/C18H17Cl2NO2/c1-21(12-14-5-3-4-6-17(14)23-2)18(22)10-8-13-7-9-15(19)11-16(13)20/h3-11H,12H2,1-2H3/b10-8+. The third kappa shape index (κ3) is 4.75. The molecule has 2 aromatic carbocycles. The molecule has 0 spiro atoms. The summed E-state index contributed by atoms with van der Waals surface area (Å²) in [6.07, 6.45) is 3.17. The van der Waals surface area contributed by atoms with Crippen molar-refractivity contribution in [3.8, 4) is 5.75 Å². The second-order valence-corrected chi connectivity index (χ2v) is 5.85. The van der Waals surface area contributed by atoms with E-state index in [4.69, 9.17) is 27.9 Å². The Balaban J connectivity index is 2.06. The van der Waals surface area contributed by atoms with E-state index < -0.39 is 0 Å². The summed E-state index contributed by atoms with van der Waals surface area (Å²) in [5.41, 5.74) is 1.69. The van der Waals surface area contributed by atoms with Crippen LogP contribution in [0.5, 0.6) is 5.75 Å². The van der Waals surface area contributed by atoms with Crippen molar-refractivity contribution in [2.75, 3.05) is 14.2 Å². The highest BCUT2D eigenvalue weighted by molar-refractivity contribution is 6.35. The van der Waals surface area contributed by atoms with Gasteiger partial charge in [-0.05, 0) is 29.8 Å². The van der Waals surface area contributed by atoms with Gasteiger partial charge in [0.05, 0.1) is 7.11 Å². The summed E-state index contributed by atoms with van der Waals surface area (Å²) in [4.78, 5) is 13.8. The number of nitrogens with zero attached hydrogens (tertiary/aromatic N) is 1. The summed E-state index contributed by atoms with van der Waals surface area (Å²) in [6, 6.07) is 12.8. The summed E-state index contributed by atoms with van der Waals surface area (Å²) < 4.78 is 5.30. The molecule has 3 nitrogen and oxygen atoms in total. The molecule has 120 valence electrons. The zero-order valence-electron chi connectivity index (χ0n) is 12.9. The number of benzene rings is 2. The minimum absolute atomic E-state index is 0.123. The molecule has 2 aromatic rings. The number of methoxy groups -OCH3 is 1. The van der Waals surface area contributed by atoms with Crippen LogP contribution < -0.4 is 4.74 Å². The highest BCUT2D eigenvalue weighted by atomic mass is 35.5. The van der Waals surface area contributed by atoms with Gasteiger partial charge < -0.3 is 9.64 Å². The van der Waals surface area contributed by atoms with Gasteiger partial charge >= 0.3 is 0 Å². The van der Waals surface area contributed by atoms with E-state index in [2.05, 4.69) is 0 Å². The number of ether oxygens (including phenoxy) is 1. The van der Waals surface area contributed by atoms with E-state index in [1.165, 1.54) is 6.08 Å².